The van der Waals surface area contributed by atoms with E-state index < -0.39 is 5.97 Å². The van der Waals surface area contributed by atoms with Crippen molar-refractivity contribution in [3.05, 3.63) is 53.6 Å². The summed E-state index contributed by atoms with van der Waals surface area (Å²) in [5.41, 5.74) is 1.34. The van der Waals surface area contributed by atoms with E-state index in [1.807, 2.05) is 0 Å². The zero-order valence-corrected chi connectivity index (χ0v) is 11.7. The summed E-state index contributed by atoms with van der Waals surface area (Å²) >= 11 is 0. The molecule has 6 heteroatoms. The van der Waals surface area contributed by atoms with Crippen LogP contribution in [0.5, 0.6) is 0 Å². The lowest BCUT2D eigenvalue weighted by molar-refractivity contribution is 0.0525. The highest BCUT2D eigenvalue weighted by molar-refractivity contribution is 5.88. The Morgan fingerprint density at radius 2 is 1.90 bits per heavy atom. The number of aromatic nitrogens is 2. The fourth-order valence-electron chi connectivity index (χ4n) is 1.71. The molecule has 1 aromatic heterocycles. The second kappa shape index (κ2) is 7.33. The zero-order chi connectivity index (χ0) is 15.1. The van der Waals surface area contributed by atoms with Crippen LogP contribution in [0.25, 0.3) is 0 Å². The Kier molecular flexibility index (Phi) is 5.20. The third kappa shape index (κ3) is 4.52. The quantitative estimate of drug-likeness (QED) is 0.827. The van der Waals surface area contributed by atoms with Crippen molar-refractivity contribution in [3.63, 3.8) is 0 Å². The van der Waals surface area contributed by atoms with Crippen molar-refractivity contribution in [1.29, 1.82) is 0 Å². The second-order valence-corrected chi connectivity index (χ2v) is 4.32. The van der Waals surface area contributed by atoms with Crippen molar-refractivity contribution < 1.29 is 13.9 Å². The molecule has 0 aliphatic heterocycles. The third-order valence-corrected chi connectivity index (χ3v) is 2.77. The number of hydrogen-bond acceptors (Lipinski definition) is 5. The smallest absolute Gasteiger partial charge is 0.341 e. The molecule has 1 N–H and O–H groups in total. The van der Waals surface area contributed by atoms with Gasteiger partial charge in [-0.05, 0) is 31.0 Å². The highest BCUT2D eigenvalue weighted by Crippen LogP contribution is 2.05. The molecule has 0 spiro atoms. The van der Waals surface area contributed by atoms with E-state index in [-0.39, 0.29) is 5.82 Å². The minimum absolute atomic E-state index is 0.246. The van der Waals surface area contributed by atoms with E-state index in [1.165, 1.54) is 24.5 Å². The fourth-order valence-corrected chi connectivity index (χ4v) is 1.71. The fraction of sp³-hybridized carbons (Fsp3) is 0.267. The lowest BCUT2D eigenvalue weighted by Gasteiger charge is -2.05. The van der Waals surface area contributed by atoms with Crippen LogP contribution in [0, 0.1) is 5.82 Å². The molecule has 0 aliphatic rings. The van der Waals surface area contributed by atoms with Crippen LogP contribution < -0.4 is 5.32 Å². The summed E-state index contributed by atoms with van der Waals surface area (Å²) in [6, 6.07) is 6.34. The lowest BCUT2D eigenvalue weighted by Crippen LogP contribution is -2.10. The SMILES string of the molecule is CCOC(=O)c1cnc(NCCc2ccc(F)cc2)nc1. The summed E-state index contributed by atoms with van der Waals surface area (Å²) in [5.74, 6) is -0.245. The molecule has 0 unspecified atom stereocenters. The first-order chi connectivity index (χ1) is 10.2. The van der Waals surface area contributed by atoms with Gasteiger partial charge in [-0.1, -0.05) is 12.1 Å². The van der Waals surface area contributed by atoms with Gasteiger partial charge >= 0.3 is 5.97 Å². The lowest BCUT2D eigenvalue weighted by atomic mass is 10.1. The van der Waals surface area contributed by atoms with E-state index in [4.69, 9.17) is 4.74 Å². The Labute approximate surface area is 122 Å². The normalized spacial score (nSPS) is 10.2. The van der Waals surface area contributed by atoms with Crippen LogP contribution in [0.15, 0.2) is 36.7 Å². The third-order valence-electron chi connectivity index (χ3n) is 2.77. The van der Waals surface area contributed by atoms with Gasteiger partial charge in [-0.15, -0.1) is 0 Å². The molecule has 110 valence electrons. The number of nitrogens with one attached hydrogen (secondary N) is 1. The highest BCUT2D eigenvalue weighted by atomic mass is 19.1. The average Bonchev–Trinajstić information content (AvgIpc) is 2.50. The molecule has 0 atom stereocenters. The molecule has 0 saturated heterocycles. The van der Waals surface area contributed by atoms with Gasteiger partial charge in [-0.3, -0.25) is 0 Å². The number of benzene rings is 1. The molecule has 5 nitrogen and oxygen atoms in total. The molecule has 0 amide bonds. The van der Waals surface area contributed by atoms with Crippen molar-refractivity contribution in [2.45, 2.75) is 13.3 Å². The summed E-state index contributed by atoms with van der Waals surface area (Å²) in [4.78, 5) is 19.5. The van der Waals surface area contributed by atoms with E-state index in [0.29, 0.717) is 24.7 Å². The van der Waals surface area contributed by atoms with Crippen molar-refractivity contribution >= 4 is 11.9 Å². The number of carbonyl (C=O) groups excluding carboxylic acids is 1. The molecular weight excluding hydrogens is 273 g/mol. The van der Waals surface area contributed by atoms with Crippen LogP contribution in [0.3, 0.4) is 0 Å². The van der Waals surface area contributed by atoms with E-state index in [0.717, 1.165) is 12.0 Å². The van der Waals surface area contributed by atoms with Crippen molar-refractivity contribution in [3.8, 4) is 0 Å². The molecule has 0 fully saturated rings. The average molecular weight is 289 g/mol. The number of nitrogens with zero attached hydrogens (tertiary/aromatic N) is 2. The van der Waals surface area contributed by atoms with Crippen LogP contribution in [-0.2, 0) is 11.2 Å². The number of carbonyl (C=O) groups is 1. The summed E-state index contributed by atoms with van der Waals surface area (Å²) in [6.45, 7) is 2.67. The minimum Gasteiger partial charge on any atom is -0.462 e. The van der Waals surface area contributed by atoms with Gasteiger partial charge in [-0.25, -0.2) is 19.2 Å². The molecule has 1 heterocycles. The molecule has 1 aromatic carbocycles. The monoisotopic (exact) mass is 289 g/mol. The van der Waals surface area contributed by atoms with Crippen LogP contribution in [0.2, 0.25) is 0 Å². The van der Waals surface area contributed by atoms with E-state index >= 15 is 0 Å². The Balaban J connectivity index is 1.83. The van der Waals surface area contributed by atoms with Gasteiger partial charge in [0.2, 0.25) is 5.95 Å². The standard InChI is InChI=1S/C15H16FN3O2/c1-2-21-14(20)12-9-18-15(19-10-12)17-8-7-11-3-5-13(16)6-4-11/h3-6,9-10H,2,7-8H2,1H3,(H,17,18,19). The first kappa shape index (κ1) is 14.9. The zero-order valence-electron chi connectivity index (χ0n) is 11.7. The first-order valence-electron chi connectivity index (χ1n) is 6.66. The molecule has 21 heavy (non-hydrogen) atoms. The van der Waals surface area contributed by atoms with Crippen LogP contribution in [-0.4, -0.2) is 29.1 Å². The van der Waals surface area contributed by atoms with Crippen molar-refractivity contribution in [2.75, 3.05) is 18.5 Å². The Hall–Kier alpha value is -2.50. The van der Waals surface area contributed by atoms with E-state index in [9.17, 15) is 9.18 Å². The molecule has 0 bridgehead atoms. The molecule has 0 aliphatic carbocycles. The maximum absolute atomic E-state index is 12.8. The topological polar surface area (TPSA) is 64.1 Å². The van der Waals surface area contributed by atoms with E-state index in [1.54, 1.807) is 19.1 Å². The molecule has 0 saturated carbocycles. The Bertz CT molecular complexity index is 585. The van der Waals surface area contributed by atoms with Crippen molar-refractivity contribution in [1.82, 2.24) is 9.97 Å². The minimum atomic E-state index is -0.435. The second-order valence-electron chi connectivity index (χ2n) is 4.32. The van der Waals surface area contributed by atoms with Gasteiger partial charge < -0.3 is 10.1 Å². The first-order valence-corrected chi connectivity index (χ1v) is 6.66. The van der Waals surface area contributed by atoms with Gasteiger partial charge in [0.25, 0.3) is 0 Å². The Morgan fingerprint density at radius 3 is 2.52 bits per heavy atom. The van der Waals surface area contributed by atoms with Crippen molar-refractivity contribution in [2.24, 2.45) is 0 Å². The van der Waals surface area contributed by atoms with Crippen LogP contribution >= 0.6 is 0 Å². The summed E-state index contributed by atoms with van der Waals surface area (Å²) in [7, 11) is 0. The molecule has 2 rings (SSSR count). The van der Waals surface area contributed by atoms with Crippen LogP contribution in [0.1, 0.15) is 22.8 Å². The predicted molar refractivity (Wildman–Crippen MR) is 76.6 cm³/mol. The van der Waals surface area contributed by atoms with Crippen LogP contribution in [0.4, 0.5) is 10.3 Å². The highest BCUT2D eigenvalue weighted by Gasteiger charge is 2.07. The van der Waals surface area contributed by atoms with Gasteiger partial charge in [0, 0.05) is 18.9 Å². The number of anilines is 1. The molecule has 2 aromatic rings. The van der Waals surface area contributed by atoms with Gasteiger partial charge in [-0.2, -0.15) is 0 Å². The maximum atomic E-state index is 12.8. The maximum Gasteiger partial charge on any atom is 0.341 e. The summed E-state index contributed by atoms with van der Waals surface area (Å²) in [6.07, 6.45) is 3.57. The number of hydrogen-bond donors (Lipinski definition) is 1. The van der Waals surface area contributed by atoms with Gasteiger partial charge in [0.1, 0.15) is 5.82 Å². The predicted octanol–water partition coefficient (Wildman–Crippen LogP) is 2.45. The number of esters is 1. The van der Waals surface area contributed by atoms with Gasteiger partial charge in [0.15, 0.2) is 0 Å². The number of rotatable bonds is 6. The largest absolute Gasteiger partial charge is 0.462 e. The summed E-state index contributed by atoms with van der Waals surface area (Å²) < 4.78 is 17.6. The number of ether oxygens (including phenoxy) is 1. The number of halogens is 1. The summed E-state index contributed by atoms with van der Waals surface area (Å²) in [5, 5.41) is 3.04. The molecule has 0 radical (unpaired) electrons. The van der Waals surface area contributed by atoms with Gasteiger partial charge in [0.05, 0.1) is 12.2 Å². The molecular formula is C15H16FN3O2. The Morgan fingerprint density at radius 1 is 1.24 bits per heavy atom. The van der Waals surface area contributed by atoms with E-state index in [2.05, 4.69) is 15.3 Å².